The Hall–Kier alpha value is -2.06. The molecular formula is C21H18BrF2N3OS. The molecule has 2 aromatic carbocycles. The molecule has 0 aromatic heterocycles. The second-order valence-corrected chi connectivity index (χ2v) is 9.12. The molecule has 2 aliphatic heterocycles. The summed E-state index contributed by atoms with van der Waals surface area (Å²) < 4.78 is 30.6. The van der Waals surface area contributed by atoms with E-state index in [9.17, 15) is 8.78 Å². The number of halogens is 3. The Morgan fingerprint density at radius 1 is 1.14 bits per heavy atom. The van der Waals surface area contributed by atoms with Crippen molar-refractivity contribution < 1.29 is 13.5 Å². The number of thiocarbonyl (C=S) groups is 1. The standard InChI is InChI=1S/C21H18BrF2N3OS/c22-15-3-1-2-14(10-15)21(13-4-6-16(7-5-13)28-18(23)24)17-25-11-20(8-9-20)12-27(17)19(29)26-21/h1-7,10,18H,8-9,11-12H2,(H,26,29). The van der Waals surface area contributed by atoms with Gasteiger partial charge in [0.2, 0.25) is 0 Å². The van der Waals surface area contributed by atoms with Gasteiger partial charge < -0.3 is 15.0 Å². The normalized spacial score (nSPS) is 24.3. The quantitative estimate of drug-likeness (QED) is 0.648. The van der Waals surface area contributed by atoms with Crippen LogP contribution in [0.2, 0.25) is 0 Å². The highest BCUT2D eigenvalue weighted by Crippen LogP contribution is 2.51. The molecule has 1 spiro atoms. The summed E-state index contributed by atoms with van der Waals surface area (Å²) in [5.74, 6) is 0.980. The minimum absolute atomic E-state index is 0.119. The smallest absolute Gasteiger partial charge is 0.387 e. The van der Waals surface area contributed by atoms with Crippen LogP contribution in [0, 0.1) is 5.41 Å². The number of hydrogen-bond donors (Lipinski definition) is 1. The predicted molar refractivity (Wildman–Crippen MR) is 114 cm³/mol. The molecule has 0 bridgehead atoms. The van der Waals surface area contributed by atoms with Crippen molar-refractivity contribution in [2.24, 2.45) is 10.4 Å². The number of aliphatic imine (C=N–C) groups is 1. The molecule has 4 nitrogen and oxygen atoms in total. The molecule has 2 fully saturated rings. The zero-order valence-electron chi connectivity index (χ0n) is 15.4. The number of nitrogens with zero attached hydrogens (tertiary/aromatic N) is 2. The van der Waals surface area contributed by atoms with E-state index in [1.807, 2.05) is 24.3 Å². The first-order chi connectivity index (χ1) is 13.9. The molecule has 1 aliphatic carbocycles. The SMILES string of the molecule is FC(F)Oc1ccc(C2(c3cccc(Br)c3)NC(=S)N3CC4(CC4)CN=C32)cc1. The number of nitrogens with one attached hydrogen (secondary N) is 1. The Bertz CT molecular complexity index is 1010. The number of amidine groups is 1. The van der Waals surface area contributed by atoms with Crippen molar-refractivity contribution in [3.05, 3.63) is 64.1 Å². The molecule has 2 heterocycles. The van der Waals surface area contributed by atoms with Gasteiger partial charge in [-0.15, -0.1) is 0 Å². The first kappa shape index (κ1) is 18.9. The Morgan fingerprint density at radius 3 is 2.55 bits per heavy atom. The number of fused-ring (bicyclic) bond motifs is 1. The van der Waals surface area contributed by atoms with E-state index in [2.05, 4.69) is 30.9 Å². The van der Waals surface area contributed by atoms with Crippen LogP contribution in [0.5, 0.6) is 5.75 Å². The van der Waals surface area contributed by atoms with Gasteiger partial charge in [-0.1, -0.05) is 40.2 Å². The second-order valence-electron chi connectivity index (χ2n) is 7.82. The van der Waals surface area contributed by atoms with Crippen molar-refractivity contribution in [3.8, 4) is 5.75 Å². The summed E-state index contributed by atoms with van der Waals surface area (Å²) in [5.41, 5.74) is 1.32. The molecule has 1 atom stereocenters. The van der Waals surface area contributed by atoms with Gasteiger partial charge in [0, 0.05) is 23.0 Å². The summed E-state index contributed by atoms with van der Waals surface area (Å²) in [6.45, 7) is -1.21. The lowest BCUT2D eigenvalue weighted by molar-refractivity contribution is -0.0498. The molecule has 1 N–H and O–H groups in total. The fourth-order valence-corrected chi connectivity index (χ4v) is 4.93. The fourth-order valence-electron chi connectivity index (χ4n) is 4.23. The summed E-state index contributed by atoms with van der Waals surface area (Å²) in [5, 5.41) is 4.15. The molecule has 1 saturated carbocycles. The third-order valence-electron chi connectivity index (χ3n) is 5.92. The van der Waals surface area contributed by atoms with E-state index < -0.39 is 12.2 Å². The largest absolute Gasteiger partial charge is 0.435 e. The van der Waals surface area contributed by atoms with E-state index in [1.165, 1.54) is 12.8 Å². The van der Waals surface area contributed by atoms with Gasteiger partial charge in [0.1, 0.15) is 17.1 Å². The summed E-state index contributed by atoms with van der Waals surface area (Å²) in [4.78, 5) is 7.10. The van der Waals surface area contributed by atoms with E-state index in [4.69, 9.17) is 17.2 Å². The van der Waals surface area contributed by atoms with Crippen LogP contribution < -0.4 is 10.1 Å². The van der Waals surface area contributed by atoms with E-state index in [0.717, 1.165) is 34.5 Å². The average molecular weight is 478 g/mol. The zero-order valence-corrected chi connectivity index (χ0v) is 17.8. The van der Waals surface area contributed by atoms with Crippen molar-refractivity contribution in [2.45, 2.75) is 25.0 Å². The number of rotatable bonds is 4. The molecule has 5 rings (SSSR count). The van der Waals surface area contributed by atoms with Gasteiger partial charge in [0.15, 0.2) is 5.11 Å². The molecular weight excluding hydrogens is 460 g/mol. The lowest BCUT2D eigenvalue weighted by Gasteiger charge is -2.35. The van der Waals surface area contributed by atoms with Crippen LogP contribution in [-0.4, -0.2) is 35.5 Å². The van der Waals surface area contributed by atoms with Crippen LogP contribution in [0.1, 0.15) is 24.0 Å². The maximum Gasteiger partial charge on any atom is 0.387 e. The van der Waals surface area contributed by atoms with Crippen LogP contribution in [-0.2, 0) is 5.54 Å². The molecule has 150 valence electrons. The second kappa shape index (κ2) is 6.74. The predicted octanol–water partition coefficient (Wildman–Crippen LogP) is 4.68. The van der Waals surface area contributed by atoms with Crippen LogP contribution in [0.25, 0.3) is 0 Å². The molecule has 1 saturated heterocycles. The number of hydrogen-bond acceptors (Lipinski definition) is 3. The third kappa shape index (κ3) is 3.13. The van der Waals surface area contributed by atoms with Crippen LogP contribution in [0.3, 0.4) is 0 Å². The Kier molecular flexibility index (Phi) is 4.40. The molecule has 0 radical (unpaired) electrons. The summed E-state index contributed by atoms with van der Waals surface area (Å²) in [6.07, 6.45) is 2.35. The molecule has 0 amide bonds. The van der Waals surface area contributed by atoms with Gasteiger partial charge in [-0.2, -0.15) is 8.78 Å². The fraction of sp³-hybridized carbons (Fsp3) is 0.333. The summed E-state index contributed by atoms with van der Waals surface area (Å²) >= 11 is 9.27. The van der Waals surface area contributed by atoms with Gasteiger partial charge in [-0.3, -0.25) is 4.99 Å². The van der Waals surface area contributed by atoms with E-state index >= 15 is 0 Å². The highest BCUT2D eigenvalue weighted by molar-refractivity contribution is 9.10. The van der Waals surface area contributed by atoms with Crippen molar-refractivity contribution in [2.75, 3.05) is 13.1 Å². The molecule has 8 heteroatoms. The summed E-state index contributed by atoms with van der Waals surface area (Å²) in [6, 6.07) is 14.7. The number of ether oxygens (including phenoxy) is 1. The van der Waals surface area contributed by atoms with Gasteiger partial charge in [-0.05, 0) is 60.5 Å². The molecule has 2 aromatic rings. The minimum atomic E-state index is -2.86. The first-order valence-corrected chi connectivity index (χ1v) is 10.6. The van der Waals surface area contributed by atoms with Crippen LogP contribution in [0.15, 0.2) is 58.0 Å². The maximum atomic E-state index is 12.6. The highest BCUT2D eigenvalue weighted by atomic mass is 79.9. The third-order valence-corrected chi connectivity index (χ3v) is 6.73. The molecule has 3 aliphatic rings. The van der Waals surface area contributed by atoms with Crippen molar-refractivity contribution in [1.29, 1.82) is 0 Å². The number of alkyl halides is 2. The monoisotopic (exact) mass is 477 g/mol. The minimum Gasteiger partial charge on any atom is -0.435 e. The van der Waals surface area contributed by atoms with Gasteiger partial charge in [0.05, 0.1) is 0 Å². The van der Waals surface area contributed by atoms with Gasteiger partial charge in [-0.25, -0.2) is 0 Å². The highest BCUT2D eigenvalue weighted by Gasteiger charge is 2.56. The van der Waals surface area contributed by atoms with Crippen molar-refractivity contribution in [1.82, 2.24) is 10.2 Å². The number of benzene rings is 2. The van der Waals surface area contributed by atoms with E-state index in [-0.39, 0.29) is 11.2 Å². The molecule has 29 heavy (non-hydrogen) atoms. The van der Waals surface area contributed by atoms with Crippen molar-refractivity contribution >= 4 is 39.1 Å². The van der Waals surface area contributed by atoms with Crippen molar-refractivity contribution in [3.63, 3.8) is 0 Å². The topological polar surface area (TPSA) is 36.9 Å². The van der Waals surface area contributed by atoms with Gasteiger partial charge in [0.25, 0.3) is 0 Å². The zero-order chi connectivity index (χ0) is 20.2. The van der Waals surface area contributed by atoms with E-state index in [0.29, 0.717) is 5.11 Å². The Balaban J connectivity index is 1.65. The van der Waals surface area contributed by atoms with Crippen LogP contribution in [0.4, 0.5) is 8.78 Å². The first-order valence-electron chi connectivity index (χ1n) is 9.38. The van der Waals surface area contributed by atoms with Gasteiger partial charge >= 0.3 is 6.61 Å². The Labute approximate surface area is 181 Å². The summed E-state index contributed by atoms with van der Waals surface area (Å²) in [7, 11) is 0. The lowest BCUT2D eigenvalue weighted by atomic mass is 9.81. The lowest BCUT2D eigenvalue weighted by Crippen LogP contribution is -2.48. The average Bonchev–Trinajstić information content (AvgIpc) is 3.37. The van der Waals surface area contributed by atoms with E-state index in [1.54, 1.807) is 24.3 Å². The molecule has 1 unspecified atom stereocenters. The Morgan fingerprint density at radius 2 is 1.90 bits per heavy atom. The maximum absolute atomic E-state index is 12.6. The van der Waals surface area contributed by atoms with Crippen LogP contribution >= 0.6 is 28.1 Å².